The monoisotopic (exact) mass is 464 g/mol. The quantitative estimate of drug-likeness (QED) is 0.644. The summed E-state index contributed by atoms with van der Waals surface area (Å²) >= 11 is 0. The Bertz CT molecular complexity index is 1260. The predicted octanol–water partition coefficient (Wildman–Crippen LogP) is 3.70. The molecule has 1 fully saturated rings. The summed E-state index contributed by atoms with van der Waals surface area (Å²) in [6.45, 7) is 8.95. The van der Waals surface area contributed by atoms with Gasteiger partial charge in [0.2, 0.25) is 7.29 Å². The van der Waals surface area contributed by atoms with E-state index < -0.39 is 7.29 Å². The number of fused-ring (bicyclic) bond motifs is 2. The van der Waals surface area contributed by atoms with E-state index in [1.54, 1.807) is 10.9 Å². The van der Waals surface area contributed by atoms with E-state index in [2.05, 4.69) is 52.8 Å². The summed E-state index contributed by atoms with van der Waals surface area (Å²) in [5, 5.41) is 15.2. The van der Waals surface area contributed by atoms with Crippen LogP contribution >= 0.6 is 7.29 Å². The summed E-state index contributed by atoms with van der Waals surface area (Å²) in [6.07, 6.45) is 2.12. The first kappa shape index (κ1) is 22.1. The molecule has 33 heavy (non-hydrogen) atoms. The van der Waals surface area contributed by atoms with E-state index in [-0.39, 0.29) is 5.41 Å². The number of aliphatic imine (C=N–C) groups is 1. The van der Waals surface area contributed by atoms with Gasteiger partial charge in [0, 0.05) is 43.2 Å². The van der Waals surface area contributed by atoms with Crippen LogP contribution in [-0.4, -0.2) is 54.0 Å². The molecule has 1 aromatic heterocycles. The molecule has 0 saturated carbocycles. The number of aryl methyl sites for hydroxylation is 2. The maximum Gasteiger partial charge on any atom is 0.216 e. The Morgan fingerprint density at radius 1 is 1.24 bits per heavy atom. The number of anilines is 1. The van der Waals surface area contributed by atoms with Gasteiger partial charge in [0.1, 0.15) is 0 Å². The molecule has 172 valence electrons. The molecule has 0 aliphatic carbocycles. The highest BCUT2D eigenvalue weighted by molar-refractivity contribution is 7.75. The number of rotatable bonds is 3. The number of ether oxygens (including phenoxy) is 1. The molecule has 0 unspecified atom stereocenters. The van der Waals surface area contributed by atoms with E-state index in [0.717, 1.165) is 16.7 Å². The fraction of sp³-hybridized carbons (Fsp3) is 0.458. The van der Waals surface area contributed by atoms with E-state index >= 15 is 4.57 Å². The number of aromatic nitrogens is 2. The smallest absolute Gasteiger partial charge is 0.216 e. The maximum atomic E-state index is 15.4. The molecule has 1 saturated heterocycles. The molecular weight excluding hydrogens is 435 g/mol. The predicted molar refractivity (Wildman–Crippen MR) is 130 cm³/mol. The van der Waals surface area contributed by atoms with Crippen LogP contribution in [-0.2, 0) is 21.3 Å². The fourth-order valence-electron chi connectivity index (χ4n) is 5.46. The molecule has 4 heterocycles. The van der Waals surface area contributed by atoms with Gasteiger partial charge in [-0.3, -0.25) is 4.57 Å². The topological polar surface area (TPSA) is 86.8 Å². The lowest BCUT2D eigenvalue weighted by Gasteiger charge is -2.39. The molecule has 3 aliphatic rings. The van der Waals surface area contributed by atoms with E-state index in [4.69, 9.17) is 15.0 Å². The van der Waals surface area contributed by atoms with Crippen LogP contribution in [0.15, 0.2) is 40.3 Å². The van der Waals surface area contributed by atoms with E-state index in [9.17, 15) is 0 Å². The number of hydrogen-bond donors (Lipinski definition) is 0. The Hall–Kier alpha value is -2.72. The number of benzene rings is 1. The van der Waals surface area contributed by atoms with Crippen LogP contribution in [0.1, 0.15) is 31.5 Å². The van der Waals surface area contributed by atoms with Crippen LogP contribution in [0.2, 0.25) is 0 Å². The summed E-state index contributed by atoms with van der Waals surface area (Å²) < 4.78 is 24.8. The number of nitrogens with zero attached hydrogens (tertiary/aromatic N) is 6. The van der Waals surface area contributed by atoms with Crippen molar-refractivity contribution in [3.05, 3.63) is 46.5 Å². The third kappa shape index (κ3) is 3.14. The van der Waals surface area contributed by atoms with Crippen molar-refractivity contribution in [2.75, 3.05) is 38.3 Å². The highest BCUT2D eigenvalue weighted by Gasteiger charge is 2.50. The Balaban J connectivity index is 1.78. The Labute approximate surface area is 194 Å². The van der Waals surface area contributed by atoms with Crippen LogP contribution < -0.4 is 10.2 Å². The van der Waals surface area contributed by atoms with Gasteiger partial charge in [-0.05, 0) is 18.6 Å². The van der Waals surface area contributed by atoms with Gasteiger partial charge in [0.05, 0.1) is 48.6 Å². The van der Waals surface area contributed by atoms with Gasteiger partial charge >= 0.3 is 0 Å². The van der Waals surface area contributed by atoms with E-state index in [1.807, 2.05) is 20.0 Å². The van der Waals surface area contributed by atoms with Crippen molar-refractivity contribution in [2.45, 2.75) is 39.2 Å². The van der Waals surface area contributed by atoms with Crippen molar-refractivity contribution in [2.24, 2.45) is 4.99 Å². The minimum absolute atomic E-state index is 0.323. The van der Waals surface area contributed by atoms with E-state index in [1.165, 1.54) is 5.56 Å². The lowest BCUT2D eigenvalue weighted by Crippen LogP contribution is -2.40. The molecule has 0 amide bonds. The SMILES string of the molecule is Cc1nn(CCC#N)c2c1[P@@](=O)(N1CCOCC1)/C(=C1\N(C)c3ccccc3C1(C)C)C=N2. The number of morpholine rings is 1. The molecule has 1 atom stereocenters. The van der Waals surface area contributed by atoms with Gasteiger partial charge in [-0.25, -0.2) is 14.3 Å². The minimum atomic E-state index is -3.26. The third-order valence-electron chi connectivity index (χ3n) is 6.94. The van der Waals surface area contributed by atoms with E-state index in [0.29, 0.717) is 56.1 Å². The lowest BCUT2D eigenvalue weighted by atomic mass is 9.84. The zero-order valence-corrected chi connectivity index (χ0v) is 20.5. The highest BCUT2D eigenvalue weighted by Crippen LogP contribution is 2.64. The highest BCUT2D eigenvalue weighted by atomic mass is 31.2. The van der Waals surface area contributed by atoms with Gasteiger partial charge in [0.25, 0.3) is 0 Å². The second kappa shape index (κ2) is 7.95. The average Bonchev–Trinajstić information content (AvgIpc) is 3.25. The summed E-state index contributed by atoms with van der Waals surface area (Å²) in [4.78, 5) is 6.97. The van der Waals surface area contributed by atoms with Crippen LogP contribution in [0.5, 0.6) is 0 Å². The minimum Gasteiger partial charge on any atom is -0.379 e. The summed E-state index contributed by atoms with van der Waals surface area (Å²) in [6, 6.07) is 10.5. The Morgan fingerprint density at radius 3 is 2.67 bits per heavy atom. The number of likely N-dealkylation sites (N-methyl/N-ethyl adjacent to an activating group) is 1. The van der Waals surface area contributed by atoms with Gasteiger partial charge < -0.3 is 9.64 Å². The number of para-hydroxylation sites is 1. The fourth-order valence-corrected chi connectivity index (χ4v) is 8.88. The van der Waals surface area contributed by atoms with Gasteiger partial charge in [-0.2, -0.15) is 10.4 Å². The summed E-state index contributed by atoms with van der Waals surface area (Å²) in [5.74, 6) is 0.609. The van der Waals surface area contributed by atoms with Gasteiger partial charge in [0.15, 0.2) is 5.82 Å². The molecule has 5 rings (SSSR count). The van der Waals surface area contributed by atoms with Crippen LogP contribution in [0.25, 0.3) is 0 Å². The molecule has 0 spiro atoms. The second-order valence-electron chi connectivity index (χ2n) is 9.22. The summed E-state index contributed by atoms with van der Waals surface area (Å²) in [5.41, 5.74) is 3.72. The van der Waals surface area contributed by atoms with Gasteiger partial charge in [-0.1, -0.05) is 32.0 Å². The standard InChI is InChI=1S/C24H29N6O2P/c1-17-21-23(30(27-17)11-7-10-25)26-16-20(33(21,31)29-12-14-32-15-13-29)22-24(2,3)18-8-5-6-9-19(18)28(22)4/h5-6,8-9,16H,7,11-15H2,1-4H3/b22-20-/t33-/m1/s1. The molecule has 1 aromatic carbocycles. The molecule has 0 radical (unpaired) electrons. The van der Waals surface area contributed by atoms with Crippen molar-refractivity contribution in [1.29, 1.82) is 5.26 Å². The zero-order valence-electron chi connectivity index (χ0n) is 19.6. The second-order valence-corrected chi connectivity index (χ2v) is 11.9. The van der Waals surface area contributed by atoms with Gasteiger partial charge in [-0.15, -0.1) is 0 Å². The largest absolute Gasteiger partial charge is 0.379 e. The normalized spacial score (nSPS) is 26.2. The zero-order chi connectivity index (χ0) is 23.4. The lowest BCUT2D eigenvalue weighted by molar-refractivity contribution is 0.0730. The first-order valence-electron chi connectivity index (χ1n) is 11.3. The molecule has 0 N–H and O–H groups in total. The van der Waals surface area contributed by atoms with Crippen LogP contribution in [0.3, 0.4) is 0 Å². The summed E-state index contributed by atoms with van der Waals surface area (Å²) in [7, 11) is -1.21. The first-order valence-corrected chi connectivity index (χ1v) is 13.0. The first-order chi connectivity index (χ1) is 15.8. The average molecular weight is 465 g/mol. The molecule has 0 bridgehead atoms. The molecule has 9 heteroatoms. The van der Waals surface area contributed by atoms with Crippen LogP contribution in [0.4, 0.5) is 11.5 Å². The van der Waals surface area contributed by atoms with Crippen molar-refractivity contribution < 1.29 is 9.30 Å². The van der Waals surface area contributed by atoms with Crippen molar-refractivity contribution >= 4 is 30.3 Å². The third-order valence-corrected chi connectivity index (χ3v) is 10.2. The number of hydrogen-bond acceptors (Lipinski definition) is 6. The van der Waals surface area contributed by atoms with Crippen molar-refractivity contribution in [1.82, 2.24) is 14.5 Å². The van der Waals surface area contributed by atoms with Crippen LogP contribution in [0, 0.1) is 18.3 Å². The maximum absolute atomic E-state index is 15.4. The van der Waals surface area contributed by atoms with Crippen molar-refractivity contribution in [3.63, 3.8) is 0 Å². The molecule has 2 aromatic rings. The number of nitriles is 1. The number of allylic oxidation sites excluding steroid dienone is 2. The molecular formula is C24H29N6O2P. The Morgan fingerprint density at radius 2 is 1.97 bits per heavy atom. The Kier molecular flexibility index (Phi) is 5.32. The van der Waals surface area contributed by atoms with Crippen molar-refractivity contribution in [3.8, 4) is 6.07 Å². The molecule has 3 aliphatic heterocycles. The molecule has 8 nitrogen and oxygen atoms in total.